The van der Waals surface area contributed by atoms with Gasteiger partial charge in [0.25, 0.3) is 0 Å². The fraction of sp³-hybridized carbons (Fsp3) is 1.00. The van der Waals surface area contributed by atoms with E-state index in [1.807, 2.05) is 0 Å². The highest BCUT2D eigenvalue weighted by Gasteiger charge is 2.19. The maximum Gasteiger partial charge on any atom is 0.00901 e. The molecule has 1 aliphatic heterocycles. The second-order valence-corrected chi connectivity index (χ2v) is 4.59. The quantitative estimate of drug-likeness (QED) is 0.694. The lowest BCUT2D eigenvalue weighted by Gasteiger charge is -2.29. The zero-order valence-corrected chi connectivity index (χ0v) is 9.27. The molecule has 0 amide bonds. The summed E-state index contributed by atoms with van der Waals surface area (Å²) in [5.74, 6) is 1.65. The van der Waals surface area contributed by atoms with Crippen LogP contribution in [0.1, 0.15) is 33.1 Å². The normalized spacial score (nSPS) is 26.3. The zero-order valence-electron chi connectivity index (χ0n) is 9.27. The molecule has 1 fully saturated rings. The first-order valence-electron chi connectivity index (χ1n) is 5.62. The largest absolute Gasteiger partial charge is 0.317 e. The Morgan fingerprint density at radius 1 is 1.46 bits per heavy atom. The Labute approximate surface area is 82.5 Å². The van der Waals surface area contributed by atoms with Crippen LogP contribution in [0.5, 0.6) is 0 Å². The lowest BCUT2D eigenvalue weighted by atomic mass is 9.88. The Balaban J connectivity index is 2.27. The summed E-state index contributed by atoms with van der Waals surface area (Å²) in [6, 6.07) is 0.699. The van der Waals surface area contributed by atoms with Gasteiger partial charge in [-0.3, -0.25) is 0 Å². The second-order valence-electron chi connectivity index (χ2n) is 4.59. The summed E-state index contributed by atoms with van der Waals surface area (Å²) in [6.45, 7) is 7.06. The smallest absolute Gasteiger partial charge is 0.00901 e. The minimum absolute atomic E-state index is 0.699. The zero-order chi connectivity index (χ0) is 9.68. The summed E-state index contributed by atoms with van der Waals surface area (Å²) in [4.78, 5) is 0. The molecule has 0 aromatic carbocycles. The van der Waals surface area contributed by atoms with Crippen LogP contribution in [0.4, 0.5) is 0 Å². The monoisotopic (exact) mass is 184 g/mol. The molecule has 0 aromatic heterocycles. The van der Waals surface area contributed by atoms with E-state index in [9.17, 15) is 0 Å². The van der Waals surface area contributed by atoms with Crippen LogP contribution < -0.4 is 10.6 Å². The highest BCUT2D eigenvalue weighted by atomic mass is 14.9. The van der Waals surface area contributed by atoms with Gasteiger partial charge in [0.1, 0.15) is 0 Å². The molecule has 13 heavy (non-hydrogen) atoms. The molecular weight excluding hydrogens is 160 g/mol. The van der Waals surface area contributed by atoms with Gasteiger partial charge < -0.3 is 10.6 Å². The standard InChI is InChI=1S/C11H24N2/c1-9(2)11(12-3)7-10-5-4-6-13-8-10/h9-13H,4-8H2,1-3H3. The predicted octanol–water partition coefficient (Wildman–Crippen LogP) is 1.62. The van der Waals surface area contributed by atoms with Crippen LogP contribution in [-0.4, -0.2) is 26.2 Å². The van der Waals surface area contributed by atoms with Crippen LogP contribution >= 0.6 is 0 Å². The summed E-state index contributed by atoms with van der Waals surface area (Å²) in [5, 5.41) is 6.90. The summed E-state index contributed by atoms with van der Waals surface area (Å²) >= 11 is 0. The van der Waals surface area contributed by atoms with Crippen molar-refractivity contribution in [1.82, 2.24) is 10.6 Å². The van der Waals surface area contributed by atoms with Crippen LogP contribution in [0, 0.1) is 11.8 Å². The fourth-order valence-electron chi connectivity index (χ4n) is 2.21. The first kappa shape index (κ1) is 11.0. The van der Waals surface area contributed by atoms with Crippen molar-refractivity contribution in [3.05, 3.63) is 0 Å². The molecule has 2 atom stereocenters. The Morgan fingerprint density at radius 3 is 2.69 bits per heavy atom. The van der Waals surface area contributed by atoms with Crippen molar-refractivity contribution in [2.75, 3.05) is 20.1 Å². The lowest BCUT2D eigenvalue weighted by Crippen LogP contribution is -2.37. The maximum absolute atomic E-state index is 3.48. The van der Waals surface area contributed by atoms with Crippen LogP contribution in [0.25, 0.3) is 0 Å². The summed E-state index contributed by atoms with van der Waals surface area (Å²) in [5.41, 5.74) is 0. The van der Waals surface area contributed by atoms with E-state index in [-0.39, 0.29) is 0 Å². The molecule has 0 radical (unpaired) electrons. The van der Waals surface area contributed by atoms with Crippen molar-refractivity contribution in [1.29, 1.82) is 0 Å². The van der Waals surface area contributed by atoms with Crippen molar-refractivity contribution in [3.8, 4) is 0 Å². The SMILES string of the molecule is CNC(CC1CCCNC1)C(C)C. The molecular formula is C11H24N2. The molecule has 0 bridgehead atoms. The molecule has 1 saturated heterocycles. The Kier molecular flexibility index (Phi) is 4.74. The average Bonchev–Trinajstić information content (AvgIpc) is 2.15. The fourth-order valence-corrected chi connectivity index (χ4v) is 2.21. The van der Waals surface area contributed by atoms with Gasteiger partial charge in [-0.1, -0.05) is 13.8 Å². The average molecular weight is 184 g/mol. The van der Waals surface area contributed by atoms with Crippen LogP contribution in [0.2, 0.25) is 0 Å². The first-order chi connectivity index (χ1) is 6.24. The van der Waals surface area contributed by atoms with Gasteiger partial charge in [-0.25, -0.2) is 0 Å². The van der Waals surface area contributed by atoms with E-state index in [0.29, 0.717) is 6.04 Å². The Morgan fingerprint density at radius 2 is 2.23 bits per heavy atom. The van der Waals surface area contributed by atoms with E-state index in [1.165, 1.54) is 32.4 Å². The molecule has 2 unspecified atom stereocenters. The number of hydrogen-bond acceptors (Lipinski definition) is 2. The predicted molar refractivity (Wildman–Crippen MR) is 57.9 cm³/mol. The molecule has 0 spiro atoms. The topological polar surface area (TPSA) is 24.1 Å². The van der Waals surface area contributed by atoms with E-state index in [0.717, 1.165) is 11.8 Å². The Bertz CT molecular complexity index is 128. The van der Waals surface area contributed by atoms with Gasteiger partial charge >= 0.3 is 0 Å². The van der Waals surface area contributed by atoms with E-state index >= 15 is 0 Å². The minimum Gasteiger partial charge on any atom is -0.317 e. The highest BCUT2D eigenvalue weighted by Crippen LogP contribution is 2.19. The van der Waals surface area contributed by atoms with Gasteiger partial charge in [0.05, 0.1) is 0 Å². The number of hydrogen-bond donors (Lipinski definition) is 2. The van der Waals surface area contributed by atoms with E-state index < -0.39 is 0 Å². The van der Waals surface area contributed by atoms with Gasteiger partial charge in [-0.05, 0) is 51.2 Å². The van der Waals surface area contributed by atoms with Crippen molar-refractivity contribution < 1.29 is 0 Å². The lowest BCUT2D eigenvalue weighted by molar-refractivity contribution is 0.285. The molecule has 2 heteroatoms. The maximum atomic E-state index is 3.48. The molecule has 0 aliphatic carbocycles. The van der Waals surface area contributed by atoms with Crippen LogP contribution in [0.3, 0.4) is 0 Å². The molecule has 2 N–H and O–H groups in total. The van der Waals surface area contributed by atoms with Gasteiger partial charge in [0, 0.05) is 6.04 Å². The first-order valence-corrected chi connectivity index (χ1v) is 5.62. The van der Waals surface area contributed by atoms with Gasteiger partial charge in [-0.15, -0.1) is 0 Å². The molecule has 1 heterocycles. The third-order valence-electron chi connectivity index (χ3n) is 3.16. The van der Waals surface area contributed by atoms with Crippen molar-refractivity contribution >= 4 is 0 Å². The molecule has 0 saturated carbocycles. The molecule has 2 nitrogen and oxygen atoms in total. The van der Waals surface area contributed by atoms with Crippen molar-refractivity contribution in [2.45, 2.75) is 39.2 Å². The third-order valence-corrected chi connectivity index (χ3v) is 3.16. The van der Waals surface area contributed by atoms with E-state index in [1.54, 1.807) is 0 Å². The summed E-state index contributed by atoms with van der Waals surface area (Å²) in [7, 11) is 2.08. The van der Waals surface area contributed by atoms with Crippen molar-refractivity contribution in [3.63, 3.8) is 0 Å². The molecule has 1 aliphatic rings. The van der Waals surface area contributed by atoms with Crippen LogP contribution in [0.15, 0.2) is 0 Å². The minimum atomic E-state index is 0.699. The van der Waals surface area contributed by atoms with Gasteiger partial charge in [-0.2, -0.15) is 0 Å². The molecule has 78 valence electrons. The summed E-state index contributed by atoms with van der Waals surface area (Å²) in [6.07, 6.45) is 4.11. The summed E-state index contributed by atoms with van der Waals surface area (Å²) < 4.78 is 0. The second kappa shape index (κ2) is 5.61. The van der Waals surface area contributed by atoms with E-state index in [2.05, 4.69) is 31.5 Å². The van der Waals surface area contributed by atoms with Gasteiger partial charge in [0.15, 0.2) is 0 Å². The highest BCUT2D eigenvalue weighted by molar-refractivity contribution is 4.77. The molecule has 0 aromatic rings. The number of piperidine rings is 1. The van der Waals surface area contributed by atoms with Crippen LogP contribution in [-0.2, 0) is 0 Å². The van der Waals surface area contributed by atoms with Crippen molar-refractivity contribution in [2.24, 2.45) is 11.8 Å². The number of rotatable bonds is 4. The Hall–Kier alpha value is -0.0800. The third kappa shape index (κ3) is 3.65. The van der Waals surface area contributed by atoms with Gasteiger partial charge in [0.2, 0.25) is 0 Å². The number of nitrogens with one attached hydrogen (secondary N) is 2. The van der Waals surface area contributed by atoms with E-state index in [4.69, 9.17) is 0 Å². The molecule has 1 rings (SSSR count).